The van der Waals surface area contributed by atoms with Crippen LogP contribution in [0.1, 0.15) is 19.3 Å². The van der Waals surface area contributed by atoms with E-state index in [9.17, 15) is 19.8 Å². The summed E-state index contributed by atoms with van der Waals surface area (Å²) in [6.07, 6.45) is 2.37. The van der Waals surface area contributed by atoms with E-state index in [0.29, 0.717) is 0 Å². The summed E-state index contributed by atoms with van der Waals surface area (Å²) in [6, 6.07) is 0. The molecule has 2 bridgehead atoms. The van der Waals surface area contributed by atoms with E-state index in [0.717, 1.165) is 19.3 Å². The van der Waals surface area contributed by atoms with E-state index in [-0.39, 0.29) is 71.0 Å². The van der Waals surface area contributed by atoms with Gasteiger partial charge in [0.25, 0.3) is 0 Å². The minimum atomic E-state index is -1.22. The molecule has 0 radical (unpaired) electrons. The van der Waals surface area contributed by atoms with Gasteiger partial charge in [-0.25, -0.2) is 0 Å². The Morgan fingerprint density at radius 2 is 1.20 bits per heavy atom. The fourth-order valence-electron chi connectivity index (χ4n) is 2.97. The second-order valence-electron chi connectivity index (χ2n) is 4.02. The van der Waals surface area contributed by atoms with Crippen molar-refractivity contribution >= 4 is 11.9 Å². The molecule has 0 amide bonds. The molecule has 0 aromatic carbocycles. The van der Waals surface area contributed by atoms with Crippen LogP contribution in [-0.4, -0.2) is 11.9 Å². The van der Waals surface area contributed by atoms with Gasteiger partial charge in [-0.15, -0.1) is 0 Å². The van der Waals surface area contributed by atoms with Crippen molar-refractivity contribution in [3.05, 3.63) is 0 Å². The van der Waals surface area contributed by atoms with E-state index in [2.05, 4.69) is 0 Å². The number of carbonyl (C=O) groups is 2. The van der Waals surface area contributed by atoms with Gasteiger partial charge in [0.1, 0.15) is 0 Å². The Balaban J connectivity index is 0.000000980. The zero-order valence-corrected chi connectivity index (χ0v) is 13.1. The van der Waals surface area contributed by atoms with Crippen LogP contribution in [0.25, 0.3) is 0 Å². The summed E-state index contributed by atoms with van der Waals surface area (Å²) in [4.78, 5) is 21.4. The quantitative estimate of drug-likeness (QED) is 0.440. The van der Waals surface area contributed by atoms with Crippen LogP contribution in [0.4, 0.5) is 0 Å². The molecule has 72 valence electrons. The SMILES string of the molecule is O=C([O-])[C@@H]1C2CCC(C2)[C@@H]1C(=O)[O-].[Na+].[Na+]. The molecule has 2 saturated carbocycles. The zero-order valence-electron chi connectivity index (χ0n) is 9.06. The van der Waals surface area contributed by atoms with Crippen molar-refractivity contribution in [2.75, 3.05) is 0 Å². The van der Waals surface area contributed by atoms with Crippen LogP contribution in [0.15, 0.2) is 0 Å². The molecular weight excluding hydrogens is 218 g/mol. The van der Waals surface area contributed by atoms with Crippen LogP contribution in [0, 0.1) is 23.7 Å². The molecule has 0 heterocycles. The number of aliphatic carboxylic acids is 2. The van der Waals surface area contributed by atoms with E-state index in [1.54, 1.807) is 0 Å². The Kier molecular flexibility index (Phi) is 6.41. The second kappa shape index (κ2) is 6.03. The Morgan fingerprint density at radius 1 is 0.867 bits per heavy atom. The fourth-order valence-corrected chi connectivity index (χ4v) is 2.97. The summed E-state index contributed by atoms with van der Waals surface area (Å²) in [7, 11) is 0. The van der Waals surface area contributed by atoms with Gasteiger partial charge in [0.05, 0.1) is 0 Å². The minimum Gasteiger partial charge on any atom is -0.550 e. The maximum Gasteiger partial charge on any atom is 1.00 e. The molecule has 0 spiro atoms. The van der Waals surface area contributed by atoms with E-state index in [1.165, 1.54) is 0 Å². The number of carboxylic acids is 2. The van der Waals surface area contributed by atoms with Crippen molar-refractivity contribution in [3.8, 4) is 0 Å². The first-order valence-corrected chi connectivity index (χ1v) is 4.53. The van der Waals surface area contributed by atoms with E-state index in [4.69, 9.17) is 0 Å². The molecule has 2 unspecified atom stereocenters. The molecule has 0 aliphatic heterocycles. The normalized spacial score (nSPS) is 36.5. The predicted molar refractivity (Wildman–Crippen MR) is 37.8 cm³/mol. The molecular formula is C9H10Na2O4. The van der Waals surface area contributed by atoms with Gasteiger partial charge in [-0.1, -0.05) is 0 Å². The standard InChI is InChI=1S/C9H12O4.2Na/c10-8(11)6-4-1-2-5(3-4)7(6)9(12)13;;/h4-7H,1-3H2,(H,10,11)(H,12,13);;/q;2*+1/p-2/t4?,5?,6-,7+;;. The number of carboxylic acid groups (broad SMARTS) is 2. The van der Waals surface area contributed by atoms with E-state index in [1.807, 2.05) is 0 Å². The number of rotatable bonds is 2. The van der Waals surface area contributed by atoms with Crippen molar-refractivity contribution in [1.82, 2.24) is 0 Å². The van der Waals surface area contributed by atoms with Crippen molar-refractivity contribution in [1.29, 1.82) is 0 Å². The van der Waals surface area contributed by atoms with Crippen LogP contribution in [0.3, 0.4) is 0 Å². The Bertz CT molecular complexity index is 243. The first-order chi connectivity index (χ1) is 6.11. The molecule has 2 aliphatic carbocycles. The molecule has 2 fully saturated rings. The van der Waals surface area contributed by atoms with Crippen molar-refractivity contribution in [2.24, 2.45) is 23.7 Å². The Morgan fingerprint density at radius 3 is 1.47 bits per heavy atom. The van der Waals surface area contributed by atoms with Crippen LogP contribution in [0.5, 0.6) is 0 Å². The summed E-state index contributed by atoms with van der Waals surface area (Å²) in [6.45, 7) is 0. The number of hydrogen-bond donors (Lipinski definition) is 0. The summed E-state index contributed by atoms with van der Waals surface area (Å²) >= 11 is 0. The third-order valence-electron chi connectivity index (χ3n) is 3.46. The molecule has 0 N–H and O–H groups in total. The summed E-state index contributed by atoms with van der Waals surface area (Å²) in [5.41, 5.74) is 0. The Labute approximate surface area is 132 Å². The first-order valence-electron chi connectivity index (χ1n) is 4.53. The summed E-state index contributed by atoms with van der Waals surface area (Å²) < 4.78 is 0. The molecule has 2 rings (SSSR count). The summed E-state index contributed by atoms with van der Waals surface area (Å²) in [5, 5.41) is 21.4. The molecule has 15 heavy (non-hydrogen) atoms. The predicted octanol–water partition coefficient (Wildman–Crippen LogP) is -7.84. The van der Waals surface area contributed by atoms with Gasteiger partial charge in [-0.3, -0.25) is 0 Å². The largest absolute Gasteiger partial charge is 1.00 e. The monoisotopic (exact) mass is 228 g/mol. The first kappa shape index (κ1) is 15.9. The van der Waals surface area contributed by atoms with Gasteiger partial charge < -0.3 is 19.8 Å². The average Bonchev–Trinajstić information content (AvgIpc) is 2.60. The molecule has 2 aliphatic rings. The molecule has 0 saturated heterocycles. The maximum absolute atomic E-state index is 10.7. The summed E-state index contributed by atoms with van der Waals surface area (Å²) in [5.74, 6) is -4.02. The van der Waals surface area contributed by atoms with Crippen LogP contribution in [0.2, 0.25) is 0 Å². The van der Waals surface area contributed by atoms with Gasteiger partial charge in [0.2, 0.25) is 0 Å². The third kappa shape index (κ3) is 2.79. The van der Waals surface area contributed by atoms with Crippen molar-refractivity contribution < 1.29 is 78.9 Å². The molecule has 0 aromatic rings. The number of fused-ring (bicyclic) bond motifs is 2. The average molecular weight is 228 g/mol. The van der Waals surface area contributed by atoms with E-state index < -0.39 is 23.8 Å². The molecule has 0 aromatic heterocycles. The van der Waals surface area contributed by atoms with Crippen molar-refractivity contribution in [2.45, 2.75) is 19.3 Å². The molecule has 4 atom stereocenters. The van der Waals surface area contributed by atoms with Crippen LogP contribution in [-0.2, 0) is 9.59 Å². The fraction of sp³-hybridized carbons (Fsp3) is 0.778. The smallest absolute Gasteiger partial charge is 0.550 e. The van der Waals surface area contributed by atoms with Crippen LogP contribution < -0.4 is 69.3 Å². The third-order valence-corrected chi connectivity index (χ3v) is 3.46. The van der Waals surface area contributed by atoms with Gasteiger partial charge in [0.15, 0.2) is 0 Å². The topological polar surface area (TPSA) is 80.3 Å². The van der Waals surface area contributed by atoms with Gasteiger partial charge in [-0.2, -0.15) is 0 Å². The molecule has 6 heteroatoms. The maximum atomic E-state index is 10.7. The Hall–Kier alpha value is 0.940. The van der Waals surface area contributed by atoms with Crippen LogP contribution >= 0.6 is 0 Å². The minimum absolute atomic E-state index is 0. The van der Waals surface area contributed by atoms with Gasteiger partial charge >= 0.3 is 59.1 Å². The molecule has 4 nitrogen and oxygen atoms in total. The van der Waals surface area contributed by atoms with E-state index >= 15 is 0 Å². The number of hydrogen-bond acceptors (Lipinski definition) is 4. The van der Waals surface area contributed by atoms with Gasteiger partial charge in [-0.05, 0) is 31.1 Å². The van der Waals surface area contributed by atoms with Gasteiger partial charge in [0, 0.05) is 23.8 Å². The number of carbonyl (C=O) groups excluding carboxylic acids is 2. The second-order valence-corrected chi connectivity index (χ2v) is 4.02. The zero-order chi connectivity index (χ0) is 9.59. The van der Waals surface area contributed by atoms with Crippen molar-refractivity contribution in [3.63, 3.8) is 0 Å².